The number of hydrogen-bond acceptors (Lipinski definition) is 5. The third-order valence-corrected chi connectivity index (χ3v) is 6.25. The number of fused-ring (bicyclic) bond motifs is 1. The van der Waals surface area contributed by atoms with Gasteiger partial charge < -0.3 is 19.7 Å². The van der Waals surface area contributed by atoms with E-state index in [0.29, 0.717) is 30.2 Å². The van der Waals surface area contributed by atoms with Gasteiger partial charge in [-0.05, 0) is 37.6 Å². The molecule has 33 heavy (non-hydrogen) atoms. The monoisotopic (exact) mass is 453 g/mol. The molecule has 0 unspecified atom stereocenters. The number of rotatable bonds is 4. The van der Waals surface area contributed by atoms with Crippen LogP contribution in [0, 0.1) is 5.92 Å². The highest BCUT2D eigenvalue weighted by Crippen LogP contribution is 2.26. The molecule has 1 heterocycles. The molecule has 7 nitrogen and oxygen atoms in total. The number of benzene rings is 2. The second kappa shape index (κ2) is 11.3. The number of carbonyl (C=O) groups is 2. The van der Waals surface area contributed by atoms with Crippen LogP contribution < -0.4 is 10.1 Å². The zero-order valence-electron chi connectivity index (χ0n) is 20.2. The van der Waals surface area contributed by atoms with Gasteiger partial charge in [-0.2, -0.15) is 0 Å². The molecule has 0 saturated carbocycles. The van der Waals surface area contributed by atoms with Crippen molar-refractivity contribution >= 4 is 17.5 Å². The van der Waals surface area contributed by atoms with E-state index in [1.54, 1.807) is 37.3 Å². The lowest BCUT2D eigenvalue weighted by Crippen LogP contribution is -2.45. The SMILES string of the molecule is CO[C@H]1CN(C)C(=O)c2ccc(NC(=O)Cc3ccccc3)cc2OC[C@H](C)N(C)C[C@H]1C. The molecule has 0 fully saturated rings. The van der Waals surface area contributed by atoms with E-state index in [9.17, 15) is 9.59 Å². The first-order valence-electron chi connectivity index (χ1n) is 11.4. The molecule has 0 spiro atoms. The van der Waals surface area contributed by atoms with E-state index in [-0.39, 0.29) is 36.3 Å². The van der Waals surface area contributed by atoms with E-state index in [0.717, 1.165) is 12.1 Å². The molecule has 1 N–H and O–H groups in total. The van der Waals surface area contributed by atoms with Gasteiger partial charge in [0.15, 0.2) is 0 Å². The maximum Gasteiger partial charge on any atom is 0.257 e. The van der Waals surface area contributed by atoms with E-state index in [1.165, 1.54) is 0 Å². The molecule has 0 saturated heterocycles. The van der Waals surface area contributed by atoms with E-state index in [4.69, 9.17) is 9.47 Å². The van der Waals surface area contributed by atoms with Crippen LogP contribution in [0.25, 0.3) is 0 Å². The van der Waals surface area contributed by atoms with Crippen molar-refractivity contribution in [2.75, 3.05) is 46.2 Å². The number of methoxy groups -OCH3 is 1. The molecular formula is C26H35N3O4. The lowest BCUT2D eigenvalue weighted by Gasteiger charge is -2.34. The summed E-state index contributed by atoms with van der Waals surface area (Å²) in [5, 5.41) is 2.92. The number of anilines is 1. The summed E-state index contributed by atoms with van der Waals surface area (Å²) in [7, 11) is 5.54. The summed E-state index contributed by atoms with van der Waals surface area (Å²) < 4.78 is 11.8. The summed E-state index contributed by atoms with van der Waals surface area (Å²) in [6.45, 7) is 5.97. The average Bonchev–Trinajstić information content (AvgIpc) is 2.80. The summed E-state index contributed by atoms with van der Waals surface area (Å²) in [6.07, 6.45) is 0.202. The highest BCUT2D eigenvalue weighted by Gasteiger charge is 2.27. The van der Waals surface area contributed by atoms with Gasteiger partial charge in [0.1, 0.15) is 12.4 Å². The third-order valence-electron chi connectivity index (χ3n) is 6.25. The van der Waals surface area contributed by atoms with Crippen molar-refractivity contribution in [3.05, 3.63) is 59.7 Å². The molecule has 1 aliphatic rings. The smallest absolute Gasteiger partial charge is 0.257 e. The van der Waals surface area contributed by atoms with Gasteiger partial charge in [-0.3, -0.25) is 14.5 Å². The normalized spacial score (nSPS) is 22.5. The van der Waals surface area contributed by atoms with Crippen LogP contribution in [0.3, 0.4) is 0 Å². The fourth-order valence-electron chi connectivity index (χ4n) is 4.02. The predicted molar refractivity (Wildman–Crippen MR) is 130 cm³/mol. The van der Waals surface area contributed by atoms with Crippen molar-refractivity contribution in [1.82, 2.24) is 9.80 Å². The Bertz CT molecular complexity index is 950. The van der Waals surface area contributed by atoms with Crippen LogP contribution in [0.1, 0.15) is 29.8 Å². The first-order chi connectivity index (χ1) is 15.8. The van der Waals surface area contributed by atoms with Crippen molar-refractivity contribution in [3.8, 4) is 5.75 Å². The minimum atomic E-state index is -0.136. The average molecular weight is 454 g/mol. The quantitative estimate of drug-likeness (QED) is 0.769. The number of nitrogens with one attached hydrogen (secondary N) is 1. The lowest BCUT2D eigenvalue weighted by atomic mass is 10.0. The highest BCUT2D eigenvalue weighted by atomic mass is 16.5. The maximum atomic E-state index is 13.2. The fourth-order valence-corrected chi connectivity index (χ4v) is 4.02. The standard InChI is InChI=1S/C26H35N3O4/c1-18-15-28(3)19(2)17-33-23-14-21(27-25(30)13-20-9-7-6-8-10-20)11-12-22(23)26(31)29(4)16-24(18)32-5/h6-12,14,18-19,24H,13,15-17H2,1-5H3,(H,27,30)/t18-,19+,24+/m1/s1. The molecular weight excluding hydrogens is 418 g/mol. The molecule has 2 aromatic carbocycles. The number of hydrogen-bond donors (Lipinski definition) is 1. The Labute approximate surface area is 196 Å². The van der Waals surface area contributed by atoms with Crippen LogP contribution in [-0.2, 0) is 16.0 Å². The fraction of sp³-hybridized carbons (Fsp3) is 0.462. The number of amides is 2. The Morgan fingerprint density at radius 1 is 1.12 bits per heavy atom. The second-order valence-electron chi connectivity index (χ2n) is 8.96. The topological polar surface area (TPSA) is 71.1 Å². The van der Waals surface area contributed by atoms with E-state index in [1.807, 2.05) is 30.3 Å². The van der Waals surface area contributed by atoms with Gasteiger partial charge in [0.05, 0.1) is 18.1 Å². The molecule has 0 radical (unpaired) electrons. The zero-order chi connectivity index (χ0) is 24.0. The van der Waals surface area contributed by atoms with Gasteiger partial charge in [-0.1, -0.05) is 37.3 Å². The summed E-state index contributed by atoms with van der Waals surface area (Å²) in [5.74, 6) is 0.455. The molecule has 2 amide bonds. The van der Waals surface area contributed by atoms with Crippen LogP contribution in [0.2, 0.25) is 0 Å². The molecule has 3 atom stereocenters. The third kappa shape index (κ3) is 6.55. The number of ether oxygens (including phenoxy) is 2. The maximum absolute atomic E-state index is 13.2. The van der Waals surface area contributed by atoms with Crippen LogP contribution in [-0.4, -0.2) is 74.7 Å². The summed E-state index contributed by atoms with van der Waals surface area (Å²) in [4.78, 5) is 29.7. The molecule has 0 aromatic heterocycles. The Morgan fingerprint density at radius 2 is 1.85 bits per heavy atom. The van der Waals surface area contributed by atoms with E-state index < -0.39 is 0 Å². The first-order valence-corrected chi connectivity index (χ1v) is 11.4. The van der Waals surface area contributed by atoms with E-state index in [2.05, 4.69) is 31.1 Å². The van der Waals surface area contributed by atoms with Crippen LogP contribution >= 0.6 is 0 Å². The van der Waals surface area contributed by atoms with Crippen LogP contribution in [0.15, 0.2) is 48.5 Å². The minimum absolute atomic E-state index is 0.0751. The summed E-state index contributed by atoms with van der Waals surface area (Å²) in [5.41, 5.74) is 2.01. The van der Waals surface area contributed by atoms with E-state index >= 15 is 0 Å². The second-order valence-corrected chi connectivity index (χ2v) is 8.96. The molecule has 0 bridgehead atoms. The molecule has 178 valence electrons. The Morgan fingerprint density at radius 3 is 2.55 bits per heavy atom. The lowest BCUT2D eigenvalue weighted by molar-refractivity contribution is -0.115. The molecule has 1 aliphatic heterocycles. The Kier molecular flexibility index (Phi) is 8.47. The largest absolute Gasteiger partial charge is 0.491 e. The summed E-state index contributed by atoms with van der Waals surface area (Å²) in [6, 6.07) is 14.9. The molecule has 3 rings (SSSR count). The van der Waals surface area contributed by atoms with Crippen molar-refractivity contribution in [2.24, 2.45) is 5.92 Å². The number of likely N-dealkylation sites (N-methyl/N-ethyl adjacent to an activating group) is 2. The molecule has 0 aliphatic carbocycles. The minimum Gasteiger partial charge on any atom is -0.491 e. The van der Waals surface area contributed by atoms with Gasteiger partial charge in [-0.15, -0.1) is 0 Å². The summed E-state index contributed by atoms with van der Waals surface area (Å²) >= 11 is 0. The van der Waals surface area contributed by atoms with Gasteiger partial charge >= 0.3 is 0 Å². The predicted octanol–water partition coefficient (Wildman–Crippen LogP) is 3.30. The Balaban J connectivity index is 1.84. The van der Waals surface area contributed by atoms with Gasteiger partial charge in [0.25, 0.3) is 5.91 Å². The van der Waals surface area contributed by atoms with Gasteiger partial charge in [0.2, 0.25) is 5.91 Å². The zero-order valence-corrected chi connectivity index (χ0v) is 20.2. The number of nitrogens with zero attached hydrogens (tertiary/aromatic N) is 2. The van der Waals surface area contributed by atoms with Crippen molar-refractivity contribution in [2.45, 2.75) is 32.4 Å². The van der Waals surface area contributed by atoms with Crippen LogP contribution in [0.4, 0.5) is 5.69 Å². The highest BCUT2D eigenvalue weighted by molar-refractivity contribution is 5.98. The molecule has 2 aromatic rings. The number of carbonyl (C=O) groups excluding carboxylic acids is 2. The van der Waals surface area contributed by atoms with Crippen LogP contribution in [0.5, 0.6) is 5.75 Å². The van der Waals surface area contributed by atoms with Crippen molar-refractivity contribution in [3.63, 3.8) is 0 Å². The molecule has 7 heteroatoms. The van der Waals surface area contributed by atoms with Crippen molar-refractivity contribution in [1.29, 1.82) is 0 Å². The first kappa shape index (κ1) is 24.7. The van der Waals surface area contributed by atoms with Gasteiger partial charge in [-0.25, -0.2) is 0 Å². The van der Waals surface area contributed by atoms with Gasteiger partial charge in [0, 0.05) is 45.0 Å². The Hall–Kier alpha value is -2.90. The van der Waals surface area contributed by atoms with Crippen molar-refractivity contribution < 1.29 is 19.1 Å².